The molecule has 0 atom stereocenters. The standard InChI is InChI=1S/C96H148F2S4/c1-7-11-15-19-23-27-31-35-39-43-47-51-55-59-67-95(68-60-56-52-48-44-40-36-32-28-24-20-16-12-8-2)82-71-78(6)99-91(82)92-85(95)76-90(102-92)81-66-65-80(73-87(81)98)89-75-84-94(101-89)93-83(74-88(100-93)79-64-63-77(5)86(97)72-79)96(84,69-61-57-53-49-45-41-37-33-29-25-21-17-13-9-3)70-62-58-54-50-46-42-38-34-30-26-22-18-14-10-4/h63-66,71-76H,7-62,67-70H2,1-6H3. The molecule has 0 saturated heterocycles. The zero-order chi connectivity index (χ0) is 71.7. The third kappa shape index (κ3) is 26.7. The van der Waals surface area contributed by atoms with E-state index in [1.165, 1.54) is 423 Å². The van der Waals surface area contributed by atoms with Gasteiger partial charge in [-0.2, -0.15) is 0 Å². The topological polar surface area (TPSA) is 0 Å². The van der Waals surface area contributed by atoms with Crippen LogP contribution in [0.1, 0.15) is 446 Å². The van der Waals surface area contributed by atoms with Gasteiger partial charge in [0.25, 0.3) is 0 Å². The summed E-state index contributed by atoms with van der Waals surface area (Å²) in [6.07, 6.45) is 81.5. The van der Waals surface area contributed by atoms with Gasteiger partial charge in [-0.3, -0.25) is 0 Å². The van der Waals surface area contributed by atoms with E-state index in [4.69, 9.17) is 0 Å². The van der Waals surface area contributed by atoms with Crippen LogP contribution in [-0.4, -0.2) is 0 Å². The number of hydrogen-bond acceptors (Lipinski definition) is 4. The summed E-state index contributed by atoms with van der Waals surface area (Å²) in [6, 6.07) is 22.3. The molecule has 0 nitrogen and oxygen atoms in total. The van der Waals surface area contributed by atoms with E-state index in [1.54, 1.807) is 11.6 Å². The second-order valence-electron chi connectivity index (χ2n) is 32.9. The minimum absolute atomic E-state index is 0.00631. The molecule has 0 amide bonds. The summed E-state index contributed by atoms with van der Waals surface area (Å²) in [6.45, 7) is 13.5. The van der Waals surface area contributed by atoms with Crippen molar-refractivity contribution in [3.05, 3.63) is 105 Å². The Morgan fingerprint density at radius 2 is 0.480 bits per heavy atom. The molecule has 2 aromatic carbocycles. The molecule has 4 heterocycles. The first-order chi connectivity index (χ1) is 50.2. The van der Waals surface area contributed by atoms with Gasteiger partial charge in [-0.25, -0.2) is 8.78 Å². The molecule has 4 aromatic heterocycles. The molecule has 102 heavy (non-hydrogen) atoms. The molecule has 0 N–H and O–H groups in total. The van der Waals surface area contributed by atoms with Crippen molar-refractivity contribution >= 4 is 45.3 Å². The Kier molecular flexibility index (Phi) is 40.9. The quantitative estimate of drug-likeness (QED) is 0.0334. The second-order valence-corrected chi connectivity index (χ2v) is 37.3. The summed E-state index contributed by atoms with van der Waals surface area (Å²) in [4.78, 5) is 10.6. The molecule has 570 valence electrons. The van der Waals surface area contributed by atoms with Gasteiger partial charge < -0.3 is 0 Å². The monoisotopic (exact) mass is 1470 g/mol. The molecular weight excluding hydrogens is 1320 g/mol. The first-order valence-electron chi connectivity index (χ1n) is 44.3. The van der Waals surface area contributed by atoms with E-state index in [9.17, 15) is 0 Å². The number of benzene rings is 2. The normalized spacial score (nSPS) is 13.5. The third-order valence-electron chi connectivity index (χ3n) is 24.3. The molecule has 8 rings (SSSR count). The highest BCUT2D eigenvalue weighted by Crippen LogP contribution is 2.63. The lowest BCUT2D eigenvalue weighted by atomic mass is 9.71. The summed E-state index contributed by atoms with van der Waals surface area (Å²) in [5, 5.41) is 0. The van der Waals surface area contributed by atoms with Crippen LogP contribution in [0.2, 0.25) is 0 Å². The van der Waals surface area contributed by atoms with Gasteiger partial charge in [-0.15, -0.1) is 45.3 Å². The minimum Gasteiger partial charge on any atom is -0.207 e. The first-order valence-corrected chi connectivity index (χ1v) is 47.6. The Labute approximate surface area is 642 Å². The molecule has 0 aliphatic heterocycles. The Morgan fingerprint density at radius 3 is 0.765 bits per heavy atom. The fourth-order valence-electron chi connectivity index (χ4n) is 17.9. The Balaban J connectivity index is 0.987. The average molecular weight is 1470 g/mol. The van der Waals surface area contributed by atoms with Crippen LogP contribution < -0.4 is 0 Å². The molecule has 0 spiro atoms. The predicted octanol–water partition coefficient (Wildman–Crippen LogP) is 35.8. The summed E-state index contributed by atoms with van der Waals surface area (Å²) in [5.41, 5.74) is 9.44. The maximum atomic E-state index is 17.6. The third-order valence-corrected chi connectivity index (χ3v) is 29.2. The molecule has 2 aliphatic rings. The van der Waals surface area contributed by atoms with Gasteiger partial charge in [0.1, 0.15) is 11.6 Å². The van der Waals surface area contributed by atoms with Crippen molar-refractivity contribution in [2.75, 3.05) is 0 Å². The Morgan fingerprint density at radius 1 is 0.245 bits per heavy atom. The maximum absolute atomic E-state index is 17.6. The summed E-state index contributed by atoms with van der Waals surface area (Å²) < 4.78 is 33.1. The summed E-state index contributed by atoms with van der Waals surface area (Å²) >= 11 is 7.65. The van der Waals surface area contributed by atoms with Crippen LogP contribution in [-0.2, 0) is 10.8 Å². The number of unbranched alkanes of at least 4 members (excludes halogenated alkanes) is 52. The summed E-state index contributed by atoms with van der Waals surface area (Å²) in [5.74, 6) is -0.218. The largest absolute Gasteiger partial charge is 0.207 e. The zero-order valence-electron chi connectivity index (χ0n) is 66.6. The van der Waals surface area contributed by atoms with Crippen molar-refractivity contribution in [1.82, 2.24) is 0 Å². The molecule has 0 fully saturated rings. The van der Waals surface area contributed by atoms with Gasteiger partial charge in [0.15, 0.2) is 0 Å². The van der Waals surface area contributed by atoms with Crippen LogP contribution in [0, 0.1) is 25.5 Å². The van der Waals surface area contributed by atoms with E-state index in [0.29, 0.717) is 5.56 Å². The highest BCUT2D eigenvalue weighted by Gasteiger charge is 2.47. The van der Waals surface area contributed by atoms with Gasteiger partial charge in [0.05, 0.1) is 0 Å². The molecule has 6 aromatic rings. The molecule has 0 bridgehead atoms. The van der Waals surface area contributed by atoms with E-state index in [-0.39, 0.29) is 22.5 Å². The van der Waals surface area contributed by atoms with Crippen LogP contribution in [0.4, 0.5) is 8.78 Å². The van der Waals surface area contributed by atoms with Crippen LogP contribution >= 0.6 is 45.3 Å². The average Bonchev–Trinajstić information content (AvgIpc) is 1.56. The Bertz CT molecular complexity index is 3110. The number of thiophene rings is 4. The van der Waals surface area contributed by atoms with Crippen LogP contribution in [0.3, 0.4) is 0 Å². The number of fused-ring (bicyclic) bond motifs is 6. The van der Waals surface area contributed by atoms with Crippen molar-refractivity contribution < 1.29 is 8.78 Å². The molecule has 6 heteroatoms. The van der Waals surface area contributed by atoms with Crippen LogP contribution in [0.15, 0.2) is 60.7 Å². The van der Waals surface area contributed by atoms with E-state index in [2.05, 4.69) is 77.1 Å². The number of hydrogen-bond donors (Lipinski definition) is 0. The highest BCUT2D eigenvalue weighted by atomic mass is 32.1. The maximum Gasteiger partial charge on any atom is 0.132 e. The van der Waals surface area contributed by atoms with E-state index >= 15 is 8.78 Å². The number of aryl methyl sites for hydroxylation is 2. The molecule has 0 unspecified atom stereocenters. The fraction of sp³-hybridized carbons (Fsp3) is 0.708. The number of rotatable bonds is 63. The molecule has 0 saturated carbocycles. The zero-order valence-corrected chi connectivity index (χ0v) is 69.9. The van der Waals surface area contributed by atoms with Crippen molar-refractivity contribution in [2.24, 2.45) is 0 Å². The summed E-state index contributed by atoms with van der Waals surface area (Å²) in [7, 11) is 0. The SMILES string of the molecule is CCCCCCCCCCCCCCCCC1(CCCCCCCCCCCCCCCC)c2cc(-c3ccc(C)c(F)c3)sc2-c2sc(-c3ccc(-c4cc5c(s4)-c4sc(C)cc4C5(CCCCCCCCCCCCCCCC)CCCCCCCCCCCCCCCC)c(F)c3)cc21. The van der Waals surface area contributed by atoms with E-state index < -0.39 is 0 Å². The predicted molar refractivity (Wildman–Crippen MR) is 456 cm³/mol. The molecule has 0 radical (unpaired) electrons. The van der Waals surface area contributed by atoms with E-state index in [0.717, 1.165) is 34.4 Å². The van der Waals surface area contributed by atoms with Gasteiger partial charge in [0, 0.05) is 55.4 Å². The van der Waals surface area contributed by atoms with Crippen molar-refractivity contribution in [2.45, 2.75) is 438 Å². The van der Waals surface area contributed by atoms with Crippen molar-refractivity contribution in [1.29, 1.82) is 0 Å². The van der Waals surface area contributed by atoms with Crippen LogP contribution in [0.25, 0.3) is 50.8 Å². The highest BCUT2D eigenvalue weighted by molar-refractivity contribution is 7.26. The lowest BCUT2D eigenvalue weighted by molar-refractivity contribution is 0.397. The number of halogens is 2. The Hall–Kier alpha value is -2.90. The van der Waals surface area contributed by atoms with Gasteiger partial charge in [-0.1, -0.05) is 405 Å². The van der Waals surface area contributed by atoms with Gasteiger partial charge in [0.2, 0.25) is 0 Å². The fourth-order valence-corrected chi connectivity index (χ4v) is 23.1. The van der Waals surface area contributed by atoms with Gasteiger partial charge in [-0.05, 0) is 121 Å². The second kappa shape index (κ2) is 49.2. The minimum atomic E-state index is -0.125. The first kappa shape index (κ1) is 84.7. The lowest BCUT2D eigenvalue weighted by Gasteiger charge is -2.31. The lowest BCUT2D eigenvalue weighted by Crippen LogP contribution is -2.25. The van der Waals surface area contributed by atoms with Crippen molar-refractivity contribution in [3.63, 3.8) is 0 Å². The molecule has 2 aliphatic carbocycles. The smallest absolute Gasteiger partial charge is 0.132 e. The van der Waals surface area contributed by atoms with Crippen molar-refractivity contribution in [3.8, 4) is 50.8 Å². The molecular formula is C96H148F2S4. The van der Waals surface area contributed by atoms with Crippen LogP contribution in [0.5, 0.6) is 0 Å². The van der Waals surface area contributed by atoms with E-state index in [1.807, 2.05) is 64.4 Å². The van der Waals surface area contributed by atoms with Gasteiger partial charge >= 0.3 is 0 Å².